The summed E-state index contributed by atoms with van der Waals surface area (Å²) in [6.07, 6.45) is 1.59. The molecule has 0 atom stereocenters. The minimum atomic E-state index is -0.952. The fraction of sp³-hybridized carbons (Fsp3) is 0.100. The molecule has 0 heterocycles. The number of hydrogen-bond donors (Lipinski definition) is 2. The zero-order valence-electron chi connectivity index (χ0n) is 7.32. The van der Waals surface area contributed by atoms with Crippen molar-refractivity contribution in [3.8, 4) is 0 Å². The van der Waals surface area contributed by atoms with E-state index in [2.05, 4.69) is 5.32 Å². The molecule has 0 amide bonds. The van der Waals surface area contributed by atoms with Crippen molar-refractivity contribution in [2.75, 3.05) is 7.05 Å². The first-order chi connectivity index (χ1) is 6.24. The Bertz CT molecular complexity index is 317. The van der Waals surface area contributed by atoms with Gasteiger partial charge in [0.2, 0.25) is 0 Å². The van der Waals surface area contributed by atoms with Gasteiger partial charge in [0.15, 0.2) is 0 Å². The summed E-state index contributed by atoms with van der Waals surface area (Å²) in [6, 6.07) is 9.31. The minimum absolute atomic E-state index is 0.186. The molecule has 0 radical (unpaired) electrons. The molecule has 3 heteroatoms. The summed E-state index contributed by atoms with van der Waals surface area (Å²) in [5.41, 5.74) is 1.06. The smallest absolute Gasteiger partial charge is 0.351 e. The van der Waals surface area contributed by atoms with Crippen LogP contribution in [0.15, 0.2) is 36.0 Å². The number of carbonyl (C=O) groups is 1. The molecule has 0 aromatic heterocycles. The van der Waals surface area contributed by atoms with Crippen molar-refractivity contribution >= 4 is 12.0 Å². The first kappa shape index (κ1) is 9.32. The highest BCUT2D eigenvalue weighted by Gasteiger charge is 2.02. The van der Waals surface area contributed by atoms with Crippen LogP contribution in [0.2, 0.25) is 0 Å². The summed E-state index contributed by atoms with van der Waals surface area (Å²) in [5.74, 6) is -0.952. The highest BCUT2D eigenvalue weighted by Crippen LogP contribution is 2.04. The van der Waals surface area contributed by atoms with Gasteiger partial charge < -0.3 is 10.4 Å². The van der Waals surface area contributed by atoms with E-state index >= 15 is 0 Å². The molecule has 0 bridgehead atoms. The van der Waals surface area contributed by atoms with E-state index in [1.807, 2.05) is 30.3 Å². The molecule has 1 aromatic rings. The lowest BCUT2D eigenvalue weighted by Crippen LogP contribution is -2.14. The number of nitrogens with one attached hydrogen (secondary N) is 1. The zero-order chi connectivity index (χ0) is 9.68. The third-order valence-electron chi connectivity index (χ3n) is 1.61. The van der Waals surface area contributed by atoms with Gasteiger partial charge in [-0.1, -0.05) is 30.3 Å². The second kappa shape index (κ2) is 4.30. The Morgan fingerprint density at radius 3 is 2.46 bits per heavy atom. The third-order valence-corrected chi connectivity index (χ3v) is 1.61. The molecule has 0 saturated heterocycles. The van der Waals surface area contributed by atoms with Crippen molar-refractivity contribution in [1.82, 2.24) is 5.32 Å². The normalized spacial score (nSPS) is 11.0. The highest BCUT2D eigenvalue weighted by molar-refractivity contribution is 5.91. The number of hydrogen-bond acceptors (Lipinski definition) is 2. The maximum atomic E-state index is 10.6. The second-order valence-electron chi connectivity index (χ2n) is 2.52. The Balaban J connectivity index is 2.92. The Kier molecular flexibility index (Phi) is 3.09. The van der Waals surface area contributed by atoms with Gasteiger partial charge in [0, 0.05) is 7.05 Å². The van der Waals surface area contributed by atoms with Crippen LogP contribution < -0.4 is 5.32 Å². The lowest BCUT2D eigenvalue weighted by atomic mass is 10.2. The molecule has 68 valence electrons. The molecule has 13 heavy (non-hydrogen) atoms. The van der Waals surface area contributed by atoms with E-state index in [0.29, 0.717) is 0 Å². The van der Waals surface area contributed by atoms with Crippen LogP contribution in [0.25, 0.3) is 6.08 Å². The average Bonchev–Trinajstić information content (AvgIpc) is 2.15. The van der Waals surface area contributed by atoms with E-state index in [4.69, 9.17) is 5.11 Å². The lowest BCUT2D eigenvalue weighted by Gasteiger charge is -1.99. The number of carboxylic acids is 1. The van der Waals surface area contributed by atoms with E-state index in [1.165, 1.54) is 0 Å². The quantitative estimate of drug-likeness (QED) is 0.685. The predicted octanol–water partition coefficient (Wildman–Crippen LogP) is 1.33. The van der Waals surface area contributed by atoms with E-state index in [0.717, 1.165) is 5.56 Å². The first-order valence-corrected chi connectivity index (χ1v) is 3.92. The predicted molar refractivity (Wildman–Crippen MR) is 51.1 cm³/mol. The zero-order valence-corrected chi connectivity index (χ0v) is 7.32. The number of benzene rings is 1. The molecule has 0 unspecified atom stereocenters. The van der Waals surface area contributed by atoms with E-state index in [-0.39, 0.29) is 5.70 Å². The lowest BCUT2D eigenvalue weighted by molar-refractivity contribution is -0.132. The Hall–Kier alpha value is -1.77. The molecule has 0 saturated carbocycles. The number of likely N-dealkylation sites (N-methyl/N-ethyl adjacent to an activating group) is 1. The van der Waals surface area contributed by atoms with Crippen LogP contribution in [0.3, 0.4) is 0 Å². The van der Waals surface area contributed by atoms with Gasteiger partial charge in [-0.3, -0.25) is 0 Å². The Labute approximate surface area is 76.7 Å². The maximum Gasteiger partial charge on any atom is 0.351 e. The Morgan fingerprint density at radius 2 is 2.00 bits per heavy atom. The average molecular weight is 177 g/mol. The molecule has 0 aliphatic carbocycles. The van der Waals surface area contributed by atoms with E-state index in [9.17, 15) is 4.79 Å². The molecule has 0 aliphatic heterocycles. The molecular weight excluding hydrogens is 166 g/mol. The van der Waals surface area contributed by atoms with E-state index < -0.39 is 5.97 Å². The number of carboxylic acid groups (broad SMARTS) is 1. The molecule has 0 fully saturated rings. The molecule has 0 aliphatic rings. The summed E-state index contributed by atoms with van der Waals surface area (Å²) in [4.78, 5) is 10.6. The van der Waals surface area contributed by atoms with Crippen molar-refractivity contribution in [1.29, 1.82) is 0 Å². The van der Waals surface area contributed by atoms with Gasteiger partial charge in [0.1, 0.15) is 5.70 Å². The SMILES string of the molecule is CN/C(=C/c1ccccc1)C(=O)O. The van der Waals surface area contributed by atoms with Crippen LogP contribution in [-0.4, -0.2) is 18.1 Å². The topological polar surface area (TPSA) is 49.3 Å². The molecule has 1 aromatic carbocycles. The van der Waals surface area contributed by atoms with Gasteiger partial charge in [0.05, 0.1) is 0 Å². The summed E-state index contributed by atoms with van der Waals surface area (Å²) < 4.78 is 0. The molecule has 3 nitrogen and oxygen atoms in total. The molecule has 1 rings (SSSR count). The summed E-state index contributed by atoms with van der Waals surface area (Å²) in [7, 11) is 1.59. The van der Waals surface area contributed by atoms with Crippen LogP contribution in [0.5, 0.6) is 0 Å². The first-order valence-electron chi connectivity index (χ1n) is 3.92. The van der Waals surface area contributed by atoms with Crippen molar-refractivity contribution in [3.63, 3.8) is 0 Å². The summed E-state index contributed by atoms with van der Waals surface area (Å²) in [5, 5.41) is 11.3. The van der Waals surface area contributed by atoms with Gasteiger partial charge in [0.25, 0.3) is 0 Å². The largest absolute Gasteiger partial charge is 0.477 e. The third kappa shape index (κ3) is 2.63. The van der Waals surface area contributed by atoms with Crippen LogP contribution in [0.4, 0.5) is 0 Å². The molecular formula is C10H11NO2. The standard InChI is InChI=1S/C10H11NO2/c1-11-9(10(12)13)7-8-5-3-2-4-6-8/h2-7,11H,1H3,(H,12,13)/b9-7+. The summed E-state index contributed by atoms with van der Waals surface area (Å²) in [6.45, 7) is 0. The van der Waals surface area contributed by atoms with E-state index in [1.54, 1.807) is 13.1 Å². The van der Waals surface area contributed by atoms with Crippen molar-refractivity contribution in [2.24, 2.45) is 0 Å². The van der Waals surface area contributed by atoms with Crippen molar-refractivity contribution in [2.45, 2.75) is 0 Å². The molecule has 0 spiro atoms. The molecule has 2 N–H and O–H groups in total. The van der Waals surface area contributed by atoms with Crippen LogP contribution >= 0.6 is 0 Å². The van der Waals surface area contributed by atoms with Crippen LogP contribution in [0.1, 0.15) is 5.56 Å². The minimum Gasteiger partial charge on any atom is -0.477 e. The number of rotatable bonds is 3. The highest BCUT2D eigenvalue weighted by atomic mass is 16.4. The van der Waals surface area contributed by atoms with Crippen LogP contribution in [-0.2, 0) is 4.79 Å². The van der Waals surface area contributed by atoms with Crippen molar-refractivity contribution < 1.29 is 9.90 Å². The van der Waals surface area contributed by atoms with Gasteiger partial charge in [-0.15, -0.1) is 0 Å². The Morgan fingerprint density at radius 1 is 1.38 bits per heavy atom. The van der Waals surface area contributed by atoms with Gasteiger partial charge in [-0.05, 0) is 11.6 Å². The second-order valence-corrected chi connectivity index (χ2v) is 2.52. The summed E-state index contributed by atoms with van der Waals surface area (Å²) >= 11 is 0. The van der Waals surface area contributed by atoms with Crippen LogP contribution in [0, 0.1) is 0 Å². The fourth-order valence-electron chi connectivity index (χ4n) is 0.957. The van der Waals surface area contributed by atoms with Crippen molar-refractivity contribution in [3.05, 3.63) is 41.6 Å². The maximum absolute atomic E-state index is 10.6. The monoisotopic (exact) mass is 177 g/mol. The van der Waals surface area contributed by atoms with Gasteiger partial charge in [-0.25, -0.2) is 4.79 Å². The fourth-order valence-corrected chi connectivity index (χ4v) is 0.957. The van der Waals surface area contributed by atoms with Gasteiger partial charge >= 0.3 is 5.97 Å². The number of aliphatic carboxylic acids is 1. The van der Waals surface area contributed by atoms with Gasteiger partial charge in [-0.2, -0.15) is 0 Å².